The van der Waals surface area contributed by atoms with Gasteiger partial charge in [-0.25, -0.2) is 4.39 Å². The molecule has 2 unspecified atom stereocenters. The van der Waals surface area contributed by atoms with Crippen LogP contribution in [0.3, 0.4) is 0 Å². The van der Waals surface area contributed by atoms with Gasteiger partial charge in [0.15, 0.2) is 0 Å². The molecule has 0 radical (unpaired) electrons. The first-order valence-corrected chi connectivity index (χ1v) is 5.25. The molecule has 2 atom stereocenters. The van der Waals surface area contributed by atoms with E-state index in [0.717, 1.165) is 0 Å². The summed E-state index contributed by atoms with van der Waals surface area (Å²) in [5, 5.41) is 0. The highest BCUT2D eigenvalue weighted by molar-refractivity contribution is 5.20. The highest BCUT2D eigenvalue weighted by Gasteiger charge is 2.12. The first-order chi connectivity index (χ1) is 7.65. The van der Waals surface area contributed by atoms with Crippen molar-refractivity contribution >= 4 is 0 Å². The third kappa shape index (κ3) is 3.89. The Kier molecular flexibility index (Phi) is 5.38. The number of rotatable bonds is 6. The summed E-state index contributed by atoms with van der Waals surface area (Å²) in [6.45, 7) is 2.67. The number of benzene rings is 1. The van der Waals surface area contributed by atoms with Crippen LogP contribution in [0.5, 0.6) is 0 Å². The molecule has 0 saturated carbocycles. The second-order valence-electron chi connectivity index (χ2n) is 3.73. The third-order valence-electron chi connectivity index (χ3n) is 2.27. The van der Waals surface area contributed by atoms with Crippen molar-refractivity contribution in [1.82, 2.24) is 0 Å². The lowest BCUT2D eigenvalue weighted by Gasteiger charge is -2.17. The molecule has 0 amide bonds. The summed E-state index contributed by atoms with van der Waals surface area (Å²) >= 11 is 0. The van der Waals surface area contributed by atoms with Crippen LogP contribution in [0.1, 0.15) is 18.5 Å². The quantitative estimate of drug-likeness (QED) is 0.807. The van der Waals surface area contributed by atoms with E-state index in [1.54, 1.807) is 25.3 Å². The van der Waals surface area contributed by atoms with E-state index in [4.69, 9.17) is 15.2 Å². The zero-order valence-electron chi connectivity index (χ0n) is 9.65. The van der Waals surface area contributed by atoms with Gasteiger partial charge in [-0.1, -0.05) is 18.2 Å². The zero-order valence-corrected chi connectivity index (χ0v) is 9.65. The van der Waals surface area contributed by atoms with Crippen molar-refractivity contribution in [1.29, 1.82) is 0 Å². The Morgan fingerprint density at radius 3 is 2.62 bits per heavy atom. The molecule has 4 heteroatoms. The number of nitrogens with two attached hydrogens (primary N) is 1. The summed E-state index contributed by atoms with van der Waals surface area (Å²) < 4.78 is 23.7. The minimum Gasteiger partial charge on any atom is -0.382 e. The van der Waals surface area contributed by atoms with E-state index in [0.29, 0.717) is 12.2 Å². The minimum atomic E-state index is -0.444. The molecule has 0 saturated heterocycles. The molecule has 0 aromatic heterocycles. The van der Waals surface area contributed by atoms with Gasteiger partial charge in [-0.15, -0.1) is 0 Å². The van der Waals surface area contributed by atoms with Gasteiger partial charge in [0.2, 0.25) is 0 Å². The van der Waals surface area contributed by atoms with Crippen LogP contribution in [0.15, 0.2) is 24.3 Å². The average Bonchev–Trinajstić information content (AvgIpc) is 2.27. The van der Waals surface area contributed by atoms with Gasteiger partial charge in [0, 0.05) is 12.7 Å². The van der Waals surface area contributed by atoms with Crippen molar-refractivity contribution in [2.24, 2.45) is 5.73 Å². The minimum absolute atomic E-state index is 0.0391. The van der Waals surface area contributed by atoms with Gasteiger partial charge in [-0.3, -0.25) is 0 Å². The SMILES string of the molecule is COCC(C)OCC(N)c1ccccc1F. The molecule has 0 aliphatic heterocycles. The number of methoxy groups -OCH3 is 1. The maximum Gasteiger partial charge on any atom is 0.128 e. The summed E-state index contributed by atoms with van der Waals surface area (Å²) in [5.74, 6) is -0.294. The smallest absolute Gasteiger partial charge is 0.128 e. The monoisotopic (exact) mass is 227 g/mol. The van der Waals surface area contributed by atoms with E-state index in [2.05, 4.69) is 0 Å². The molecule has 1 aromatic rings. The fraction of sp³-hybridized carbons (Fsp3) is 0.500. The van der Waals surface area contributed by atoms with Gasteiger partial charge < -0.3 is 15.2 Å². The van der Waals surface area contributed by atoms with Gasteiger partial charge in [0.05, 0.1) is 25.4 Å². The molecule has 90 valence electrons. The van der Waals surface area contributed by atoms with Crippen molar-refractivity contribution < 1.29 is 13.9 Å². The Morgan fingerprint density at radius 1 is 1.31 bits per heavy atom. The third-order valence-corrected chi connectivity index (χ3v) is 2.27. The van der Waals surface area contributed by atoms with Crippen LogP contribution >= 0.6 is 0 Å². The fourth-order valence-corrected chi connectivity index (χ4v) is 1.42. The normalized spacial score (nSPS) is 14.8. The lowest BCUT2D eigenvalue weighted by atomic mass is 10.1. The second kappa shape index (κ2) is 6.58. The van der Waals surface area contributed by atoms with Crippen molar-refractivity contribution in [2.75, 3.05) is 20.3 Å². The summed E-state index contributed by atoms with van der Waals surface area (Å²) in [6.07, 6.45) is -0.0391. The Labute approximate surface area is 95.4 Å². The van der Waals surface area contributed by atoms with Crippen molar-refractivity contribution in [2.45, 2.75) is 19.1 Å². The van der Waals surface area contributed by atoms with E-state index in [9.17, 15) is 4.39 Å². The van der Waals surface area contributed by atoms with E-state index in [1.165, 1.54) is 6.07 Å². The highest BCUT2D eigenvalue weighted by atomic mass is 19.1. The van der Waals surface area contributed by atoms with E-state index < -0.39 is 6.04 Å². The molecule has 16 heavy (non-hydrogen) atoms. The highest BCUT2D eigenvalue weighted by Crippen LogP contribution is 2.15. The number of halogens is 1. The molecule has 0 bridgehead atoms. The summed E-state index contributed by atoms with van der Waals surface area (Å²) in [6, 6.07) is 6.02. The molecule has 3 nitrogen and oxygen atoms in total. The fourth-order valence-electron chi connectivity index (χ4n) is 1.42. The molecule has 0 fully saturated rings. The topological polar surface area (TPSA) is 44.5 Å². The molecule has 0 spiro atoms. The van der Waals surface area contributed by atoms with E-state index >= 15 is 0 Å². The Hall–Kier alpha value is -0.970. The Morgan fingerprint density at radius 2 is 2.00 bits per heavy atom. The number of hydrogen-bond acceptors (Lipinski definition) is 3. The van der Waals surface area contributed by atoms with Crippen LogP contribution in [0, 0.1) is 5.82 Å². The van der Waals surface area contributed by atoms with Crippen LogP contribution in [0.4, 0.5) is 4.39 Å². The number of hydrogen-bond donors (Lipinski definition) is 1. The van der Waals surface area contributed by atoms with Gasteiger partial charge in [0.25, 0.3) is 0 Å². The lowest BCUT2D eigenvalue weighted by Crippen LogP contribution is -2.23. The van der Waals surface area contributed by atoms with Crippen molar-refractivity contribution in [3.63, 3.8) is 0 Å². The largest absolute Gasteiger partial charge is 0.382 e. The standard InChI is InChI=1S/C12H18FNO2/c1-9(7-15-2)16-8-12(14)10-5-3-4-6-11(10)13/h3-6,9,12H,7-8,14H2,1-2H3. The molecular formula is C12H18FNO2. The molecule has 1 aromatic carbocycles. The summed E-state index contributed by atoms with van der Waals surface area (Å²) in [4.78, 5) is 0. The van der Waals surface area contributed by atoms with Gasteiger partial charge in [-0.05, 0) is 13.0 Å². The molecule has 0 aliphatic rings. The summed E-state index contributed by atoms with van der Waals surface area (Å²) in [7, 11) is 1.61. The first kappa shape index (κ1) is 13.1. The molecular weight excluding hydrogens is 209 g/mol. The first-order valence-electron chi connectivity index (χ1n) is 5.25. The predicted molar refractivity (Wildman–Crippen MR) is 60.6 cm³/mol. The van der Waals surface area contributed by atoms with E-state index in [-0.39, 0.29) is 18.5 Å². The molecule has 0 aliphatic carbocycles. The van der Waals surface area contributed by atoms with Gasteiger partial charge in [0.1, 0.15) is 5.82 Å². The second-order valence-corrected chi connectivity index (χ2v) is 3.73. The molecule has 0 heterocycles. The van der Waals surface area contributed by atoms with Crippen LogP contribution in [-0.4, -0.2) is 26.4 Å². The van der Waals surface area contributed by atoms with Gasteiger partial charge >= 0.3 is 0 Å². The van der Waals surface area contributed by atoms with Crippen LogP contribution in [0.25, 0.3) is 0 Å². The maximum absolute atomic E-state index is 13.4. The van der Waals surface area contributed by atoms with Crippen LogP contribution in [-0.2, 0) is 9.47 Å². The van der Waals surface area contributed by atoms with Crippen molar-refractivity contribution in [3.8, 4) is 0 Å². The molecule has 1 rings (SSSR count). The Bertz CT molecular complexity index is 320. The van der Waals surface area contributed by atoms with Crippen molar-refractivity contribution in [3.05, 3.63) is 35.6 Å². The number of ether oxygens (including phenoxy) is 2. The van der Waals surface area contributed by atoms with Crippen LogP contribution in [0.2, 0.25) is 0 Å². The van der Waals surface area contributed by atoms with Gasteiger partial charge in [-0.2, -0.15) is 0 Å². The van der Waals surface area contributed by atoms with Crippen LogP contribution < -0.4 is 5.73 Å². The zero-order chi connectivity index (χ0) is 12.0. The maximum atomic E-state index is 13.4. The lowest BCUT2D eigenvalue weighted by molar-refractivity contribution is 0.00300. The molecule has 2 N–H and O–H groups in total. The Balaban J connectivity index is 2.46. The predicted octanol–water partition coefficient (Wildman–Crippen LogP) is 1.88. The van der Waals surface area contributed by atoms with E-state index in [1.807, 2.05) is 6.92 Å². The summed E-state index contributed by atoms with van der Waals surface area (Å²) in [5.41, 5.74) is 6.31. The average molecular weight is 227 g/mol.